The molecule has 0 saturated carbocycles. The zero-order valence-corrected chi connectivity index (χ0v) is 15.4. The molecule has 1 saturated heterocycles. The van der Waals surface area contributed by atoms with Crippen LogP contribution >= 0.6 is 24.0 Å². The predicted octanol–water partition coefficient (Wildman–Crippen LogP) is 4.97. The largest absolute Gasteiger partial charge is 0.490 e. The summed E-state index contributed by atoms with van der Waals surface area (Å²) in [4.78, 5) is 15.0. The van der Waals surface area contributed by atoms with Gasteiger partial charge in [0, 0.05) is 0 Å². The van der Waals surface area contributed by atoms with Crippen molar-refractivity contribution in [2.75, 3.05) is 11.5 Å². The standard InChI is InChI=1S/C20H17NO2S2/c1-3-10-23-17-9-5-7-15(12-17)13-18-19(22)21(20(24)25-18)16-8-4-6-14(2)11-16/h3-9,11-13H,1,10H2,2H3/b18-13-. The summed E-state index contributed by atoms with van der Waals surface area (Å²) < 4.78 is 6.08. The van der Waals surface area contributed by atoms with E-state index in [1.807, 2.05) is 61.5 Å². The lowest BCUT2D eigenvalue weighted by Crippen LogP contribution is -2.27. The lowest BCUT2D eigenvalue weighted by molar-refractivity contribution is -0.113. The summed E-state index contributed by atoms with van der Waals surface area (Å²) >= 11 is 6.72. The van der Waals surface area contributed by atoms with Crippen molar-refractivity contribution in [3.05, 3.63) is 77.2 Å². The van der Waals surface area contributed by atoms with E-state index in [-0.39, 0.29) is 5.91 Å². The molecular weight excluding hydrogens is 350 g/mol. The zero-order chi connectivity index (χ0) is 17.8. The molecule has 25 heavy (non-hydrogen) atoms. The Morgan fingerprint density at radius 1 is 1.24 bits per heavy atom. The fourth-order valence-electron chi connectivity index (χ4n) is 2.46. The first-order chi connectivity index (χ1) is 12.1. The first-order valence-corrected chi connectivity index (χ1v) is 8.99. The number of ether oxygens (including phenoxy) is 1. The third-order valence-corrected chi connectivity index (χ3v) is 4.88. The summed E-state index contributed by atoms with van der Waals surface area (Å²) in [5, 5.41) is 0. The molecule has 1 fully saturated rings. The molecule has 0 aliphatic carbocycles. The molecule has 0 bridgehead atoms. The van der Waals surface area contributed by atoms with Gasteiger partial charge in [-0.05, 0) is 48.4 Å². The minimum Gasteiger partial charge on any atom is -0.490 e. The van der Waals surface area contributed by atoms with E-state index < -0.39 is 0 Å². The lowest BCUT2D eigenvalue weighted by atomic mass is 10.2. The Kier molecular flexibility index (Phi) is 5.36. The second-order valence-electron chi connectivity index (χ2n) is 5.53. The van der Waals surface area contributed by atoms with Crippen LogP contribution in [-0.4, -0.2) is 16.8 Å². The fraction of sp³-hybridized carbons (Fsp3) is 0.100. The number of amides is 1. The molecule has 1 heterocycles. The normalized spacial score (nSPS) is 15.7. The monoisotopic (exact) mass is 367 g/mol. The van der Waals surface area contributed by atoms with Gasteiger partial charge in [-0.1, -0.05) is 60.9 Å². The van der Waals surface area contributed by atoms with Gasteiger partial charge in [0.05, 0.1) is 10.6 Å². The van der Waals surface area contributed by atoms with Crippen molar-refractivity contribution in [3.8, 4) is 5.75 Å². The number of carbonyl (C=O) groups is 1. The maximum atomic E-state index is 12.8. The topological polar surface area (TPSA) is 29.5 Å². The van der Waals surface area contributed by atoms with E-state index in [9.17, 15) is 4.79 Å². The molecule has 0 atom stereocenters. The van der Waals surface area contributed by atoms with Gasteiger partial charge in [-0.15, -0.1) is 0 Å². The number of benzene rings is 2. The molecule has 126 valence electrons. The van der Waals surface area contributed by atoms with Crippen LogP contribution in [0, 0.1) is 6.92 Å². The van der Waals surface area contributed by atoms with Gasteiger partial charge in [-0.25, -0.2) is 0 Å². The van der Waals surface area contributed by atoms with Crippen LogP contribution in [0.3, 0.4) is 0 Å². The number of carbonyl (C=O) groups excluding carboxylic acids is 1. The molecule has 1 amide bonds. The number of thioether (sulfide) groups is 1. The third-order valence-electron chi connectivity index (χ3n) is 3.58. The van der Waals surface area contributed by atoms with Crippen molar-refractivity contribution >= 4 is 46.0 Å². The molecular formula is C20H17NO2S2. The van der Waals surface area contributed by atoms with Crippen LogP contribution < -0.4 is 9.64 Å². The van der Waals surface area contributed by atoms with Crippen LogP contribution in [0.15, 0.2) is 66.1 Å². The number of aryl methyl sites for hydroxylation is 1. The predicted molar refractivity (Wildman–Crippen MR) is 109 cm³/mol. The minimum absolute atomic E-state index is 0.0991. The molecule has 0 unspecified atom stereocenters. The smallest absolute Gasteiger partial charge is 0.270 e. The Balaban J connectivity index is 1.86. The Morgan fingerprint density at radius 2 is 2.04 bits per heavy atom. The van der Waals surface area contributed by atoms with Crippen LogP contribution in [0.1, 0.15) is 11.1 Å². The molecule has 0 spiro atoms. The van der Waals surface area contributed by atoms with E-state index in [1.165, 1.54) is 11.8 Å². The van der Waals surface area contributed by atoms with Gasteiger partial charge in [-0.2, -0.15) is 0 Å². The second-order valence-corrected chi connectivity index (χ2v) is 7.20. The van der Waals surface area contributed by atoms with Gasteiger partial charge in [0.25, 0.3) is 5.91 Å². The summed E-state index contributed by atoms with van der Waals surface area (Å²) in [6.45, 7) is 6.07. The van der Waals surface area contributed by atoms with Crippen LogP contribution in [0.25, 0.3) is 6.08 Å². The van der Waals surface area contributed by atoms with Gasteiger partial charge >= 0.3 is 0 Å². The molecule has 2 aromatic carbocycles. The van der Waals surface area contributed by atoms with E-state index >= 15 is 0 Å². The van der Waals surface area contributed by atoms with Crippen molar-refractivity contribution in [1.82, 2.24) is 0 Å². The summed E-state index contributed by atoms with van der Waals surface area (Å²) in [6, 6.07) is 15.4. The Hall–Kier alpha value is -2.37. The first-order valence-electron chi connectivity index (χ1n) is 7.77. The maximum absolute atomic E-state index is 12.8. The Labute approximate surface area is 157 Å². The average Bonchev–Trinajstić information content (AvgIpc) is 2.87. The van der Waals surface area contributed by atoms with Gasteiger partial charge in [0.15, 0.2) is 4.32 Å². The molecule has 3 rings (SSSR count). The number of rotatable bonds is 5. The summed E-state index contributed by atoms with van der Waals surface area (Å²) in [7, 11) is 0. The molecule has 3 nitrogen and oxygen atoms in total. The highest BCUT2D eigenvalue weighted by molar-refractivity contribution is 8.27. The van der Waals surface area contributed by atoms with Gasteiger partial charge in [0.2, 0.25) is 0 Å². The number of anilines is 1. The van der Waals surface area contributed by atoms with E-state index in [0.717, 1.165) is 22.6 Å². The fourth-order valence-corrected chi connectivity index (χ4v) is 3.76. The second kappa shape index (κ2) is 7.68. The van der Waals surface area contributed by atoms with E-state index in [4.69, 9.17) is 17.0 Å². The first kappa shape index (κ1) is 17.5. The lowest BCUT2D eigenvalue weighted by Gasteiger charge is -2.14. The number of hydrogen-bond donors (Lipinski definition) is 0. The summed E-state index contributed by atoms with van der Waals surface area (Å²) in [5.74, 6) is 0.640. The summed E-state index contributed by atoms with van der Waals surface area (Å²) in [6.07, 6.45) is 3.54. The highest BCUT2D eigenvalue weighted by atomic mass is 32.2. The molecule has 0 radical (unpaired) electrons. The minimum atomic E-state index is -0.0991. The van der Waals surface area contributed by atoms with Crippen LogP contribution in [0.2, 0.25) is 0 Å². The molecule has 0 N–H and O–H groups in total. The molecule has 1 aliphatic rings. The highest BCUT2D eigenvalue weighted by Gasteiger charge is 2.33. The maximum Gasteiger partial charge on any atom is 0.270 e. The van der Waals surface area contributed by atoms with E-state index in [2.05, 4.69) is 6.58 Å². The number of hydrogen-bond acceptors (Lipinski definition) is 4. The van der Waals surface area contributed by atoms with Crippen LogP contribution in [0.5, 0.6) is 5.75 Å². The van der Waals surface area contributed by atoms with Crippen molar-refractivity contribution in [3.63, 3.8) is 0 Å². The van der Waals surface area contributed by atoms with Crippen LogP contribution in [-0.2, 0) is 4.79 Å². The third kappa shape index (κ3) is 4.00. The number of thiocarbonyl (C=S) groups is 1. The zero-order valence-electron chi connectivity index (χ0n) is 13.8. The van der Waals surface area contributed by atoms with Crippen molar-refractivity contribution in [2.45, 2.75) is 6.92 Å². The molecule has 0 aromatic heterocycles. The van der Waals surface area contributed by atoms with E-state index in [0.29, 0.717) is 15.8 Å². The number of nitrogens with zero attached hydrogens (tertiary/aromatic N) is 1. The van der Waals surface area contributed by atoms with Gasteiger partial charge in [0.1, 0.15) is 12.4 Å². The molecule has 1 aliphatic heterocycles. The molecule has 2 aromatic rings. The Morgan fingerprint density at radius 3 is 2.80 bits per heavy atom. The van der Waals surface area contributed by atoms with Gasteiger partial charge < -0.3 is 4.74 Å². The highest BCUT2D eigenvalue weighted by Crippen LogP contribution is 2.36. The van der Waals surface area contributed by atoms with E-state index in [1.54, 1.807) is 11.0 Å². The summed E-state index contributed by atoms with van der Waals surface area (Å²) in [5.41, 5.74) is 2.78. The van der Waals surface area contributed by atoms with Gasteiger partial charge in [-0.3, -0.25) is 9.69 Å². The van der Waals surface area contributed by atoms with Crippen molar-refractivity contribution in [2.24, 2.45) is 0 Å². The molecule has 5 heteroatoms. The average molecular weight is 367 g/mol. The Bertz CT molecular complexity index is 874. The SMILES string of the molecule is C=CCOc1cccc(/C=C2\SC(=S)N(c3cccc(C)c3)C2=O)c1. The van der Waals surface area contributed by atoms with Crippen molar-refractivity contribution in [1.29, 1.82) is 0 Å². The quantitative estimate of drug-likeness (QED) is 0.424. The van der Waals surface area contributed by atoms with Crippen LogP contribution in [0.4, 0.5) is 5.69 Å². The van der Waals surface area contributed by atoms with Crippen molar-refractivity contribution < 1.29 is 9.53 Å².